The fraction of sp³-hybridized carbons (Fsp3) is 0.533. The van der Waals surface area contributed by atoms with Gasteiger partial charge in [0, 0.05) is 0 Å². The second-order valence-corrected chi connectivity index (χ2v) is 5.21. The van der Waals surface area contributed by atoms with E-state index in [1.165, 1.54) is 0 Å². The van der Waals surface area contributed by atoms with Crippen LogP contribution in [-0.2, 0) is 16.1 Å². The number of ether oxygens (including phenoxy) is 1. The highest BCUT2D eigenvalue weighted by Crippen LogP contribution is 2.25. The second kappa shape index (κ2) is 5.72. The Labute approximate surface area is 114 Å². The average Bonchev–Trinajstić information content (AvgIpc) is 2.41. The molecule has 1 N–H and O–H groups in total. The molecule has 4 nitrogen and oxygen atoms in total. The van der Waals surface area contributed by atoms with Crippen molar-refractivity contribution in [2.45, 2.75) is 38.6 Å². The molecule has 1 aromatic carbocycles. The lowest BCUT2D eigenvalue weighted by Crippen LogP contribution is -2.64. The van der Waals surface area contributed by atoms with Crippen LogP contribution in [0.2, 0.25) is 0 Å². The van der Waals surface area contributed by atoms with Gasteiger partial charge in [0.15, 0.2) is 0 Å². The van der Waals surface area contributed by atoms with Crippen molar-refractivity contribution in [2.24, 2.45) is 0 Å². The van der Waals surface area contributed by atoms with Gasteiger partial charge in [-0.05, 0) is 18.9 Å². The monoisotopic (exact) mass is 263 g/mol. The topological polar surface area (TPSA) is 49.8 Å². The summed E-state index contributed by atoms with van der Waals surface area (Å²) in [6.45, 7) is 4.95. The van der Waals surface area contributed by atoms with Gasteiger partial charge in [-0.1, -0.05) is 37.3 Å². The zero-order valence-corrected chi connectivity index (χ0v) is 11.5. The molecule has 1 heterocycles. The maximum atomic E-state index is 12.0. The first-order valence-electron chi connectivity index (χ1n) is 6.71. The van der Waals surface area contributed by atoms with Gasteiger partial charge in [-0.15, -0.1) is 0 Å². The number of hydrogen-bond acceptors (Lipinski definition) is 3. The third kappa shape index (κ3) is 3.33. The summed E-state index contributed by atoms with van der Waals surface area (Å²) in [6.07, 6.45) is 0.206. The van der Waals surface area contributed by atoms with Gasteiger partial charge >= 0.3 is 0 Å². The SMILES string of the molecule is CCC1(O)CN(C(=O)C(C)OCc2ccccc2)C1. The minimum absolute atomic E-state index is 0.0472. The Kier molecular flexibility index (Phi) is 4.22. The predicted molar refractivity (Wildman–Crippen MR) is 72.5 cm³/mol. The zero-order valence-electron chi connectivity index (χ0n) is 11.5. The van der Waals surface area contributed by atoms with Crippen LogP contribution < -0.4 is 0 Å². The Hall–Kier alpha value is -1.39. The molecule has 1 unspecified atom stereocenters. The Balaban J connectivity index is 1.78. The van der Waals surface area contributed by atoms with Gasteiger partial charge in [0.2, 0.25) is 0 Å². The minimum atomic E-state index is -0.686. The molecule has 1 amide bonds. The first-order valence-corrected chi connectivity index (χ1v) is 6.71. The van der Waals surface area contributed by atoms with Gasteiger partial charge in [-0.2, -0.15) is 0 Å². The third-order valence-corrected chi connectivity index (χ3v) is 3.63. The summed E-state index contributed by atoms with van der Waals surface area (Å²) in [5, 5.41) is 9.89. The molecule has 104 valence electrons. The standard InChI is InChI=1S/C15H21NO3/c1-3-15(18)10-16(11-15)14(17)12(2)19-9-13-7-5-4-6-8-13/h4-8,12,18H,3,9-11H2,1-2H3. The van der Waals surface area contributed by atoms with Crippen molar-refractivity contribution >= 4 is 5.91 Å². The van der Waals surface area contributed by atoms with E-state index >= 15 is 0 Å². The molecule has 1 aliphatic heterocycles. The van der Waals surface area contributed by atoms with Crippen LogP contribution >= 0.6 is 0 Å². The summed E-state index contributed by atoms with van der Waals surface area (Å²) in [7, 11) is 0. The van der Waals surface area contributed by atoms with Crippen LogP contribution in [-0.4, -0.2) is 40.7 Å². The summed E-state index contributed by atoms with van der Waals surface area (Å²) in [4.78, 5) is 13.7. The molecule has 0 saturated carbocycles. The fourth-order valence-corrected chi connectivity index (χ4v) is 2.17. The number of likely N-dealkylation sites (tertiary alicyclic amines) is 1. The van der Waals surface area contributed by atoms with Crippen molar-refractivity contribution in [2.75, 3.05) is 13.1 Å². The highest BCUT2D eigenvalue weighted by Gasteiger charge is 2.43. The van der Waals surface area contributed by atoms with Crippen LogP contribution in [0.25, 0.3) is 0 Å². The normalized spacial score (nSPS) is 18.8. The van der Waals surface area contributed by atoms with Crippen molar-refractivity contribution in [3.8, 4) is 0 Å². The lowest BCUT2D eigenvalue weighted by molar-refractivity contribution is -0.166. The van der Waals surface area contributed by atoms with E-state index in [1.807, 2.05) is 37.3 Å². The van der Waals surface area contributed by atoms with E-state index in [9.17, 15) is 9.90 Å². The summed E-state index contributed by atoms with van der Waals surface area (Å²) in [5.74, 6) is -0.0472. The van der Waals surface area contributed by atoms with E-state index in [0.29, 0.717) is 26.1 Å². The summed E-state index contributed by atoms with van der Waals surface area (Å²) < 4.78 is 5.58. The van der Waals surface area contributed by atoms with Gasteiger partial charge in [0.25, 0.3) is 5.91 Å². The first kappa shape index (κ1) is 14.0. The number of aliphatic hydroxyl groups is 1. The van der Waals surface area contributed by atoms with Crippen molar-refractivity contribution in [1.29, 1.82) is 0 Å². The van der Waals surface area contributed by atoms with Crippen molar-refractivity contribution in [3.63, 3.8) is 0 Å². The lowest BCUT2D eigenvalue weighted by Gasteiger charge is -2.46. The zero-order chi connectivity index (χ0) is 13.9. The van der Waals surface area contributed by atoms with E-state index < -0.39 is 11.7 Å². The highest BCUT2D eigenvalue weighted by atomic mass is 16.5. The van der Waals surface area contributed by atoms with Crippen molar-refractivity contribution in [1.82, 2.24) is 4.90 Å². The fourth-order valence-electron chi connectivity index (χ4n) is 2.17. The number of β-amino-alcohol motifs (C(OH)–C–C–N with tert-alkyl or cyclic N) is 1. The Morgan fingerprint density at radius 2 is 2.05 bits per heavy atom. The summed E-state index contributed by atoms with van der Waals surface area (Å²) in [6, 6.07) is 9.78. The number of carbonyl (C=O) groups excluding carboxylic acids is 1. The van der Waals surface area contributed by atoms with E-state index in [2.05, 4.69) is 0 Å². The van der Waals surface area contributed by atoms with Crippen LogP contribution in [0.1, 0.15) is 25.8 Å². The van der Waals surface area contributed by atoms with E-state index in [-0.39, 0.29) is 5.91 Å². The second-order valence-electron chi connectivity index (χ2n) is 5.21. The number of nitrogens with zero attached hydrogens (tertiary/aromatic N) is 1. The van der Waals surface area contributed by atoms with Crippen LogP contribution in [0.4, 0.5) is 0 Å². The molecule has 0 bridgehead atoms. The van der Waals surface area contributed by atoms with Crippen LogP contribution in [0.15, 0.2) is 30.3 Å². The van der Waals surface area contributed by atoms with Gasteiger partial charge < -0.3 is 14.7 Å². The van der Waals surface area contributed by atoms with Crippen molar-refractivity contribution in [3.05, 3.63) is 35.9 Å². The molecule has 4 heteroatoms. The quantitative estimate of drug-likeness (QED) is 0.877. The molecule has 0 aliphatic carbocycles. The van der Waals surface area contributed by atoms with Gasteiger partial charge in [-0.3, -0.25) is 4.79 Å². The molecule has 1 aromatic rings. The van der Waals surface area contributed by atoms with Gasteiger partial charge in [-0.25, -0.2) is 0 Å². The van der Waals surface area contributed by atoms with Gasteiger partial charge in [0.05, 0.1) is 25.3 Å². The number of amides is 1. The van der Waals surface area contributed by atoms with Crippen molar-refractivity contribution < 1.29 is 14.6 Å². The molecule has 19 heavy (non-hydrogen) atoms. The lowest BCUT2D eigenvalue weighted by atomic mass is 9.91. The molecule has 0 aromatic heterocycles. The molecular weight excluding hydrogens is 242 g/mol. The molecular formula is C15H21NO3. The predicted octanol–water partition coefficient (Wildman–Crippen LogP) is 1.57. The smallest absolute Gasteiger partial charge is 0.251 e. The average molecular weight is 263 g/mol. The highest BCUT2D eigenvalue weighted by molar-refractivity contribution is 5.81. The third-order valence-electron chi connectivity index (χ3n) is 3.63. The van der Waals surface area contributed by atoms with E-state index in [4.69, 9.17) is 4.74 Å². The first-order chi connectivity index (χ1) is 9.04. The largest absolute Gasteiger partial charge is 0.386 e. The summed E-state index contributed by atoms with van der Waals surface area (Å²) >= 11 is 0. The molecule has 1 fully saturated rings. The molecule has 1 atom stereocenters. The molecule has 1 saturated heterocycles. The minimum Gasteiger partial charge on any atom is -0.386 e. The van der Waals surface area contributed by atoms with E-state index in [1.54, 1.807) is 11.8 Å². The molecule has 0 spiro atoms. The van der Waals surface area contributed by atoms with E-state index in [0.717, 1.165) is 5.56 Å². The van der Waals surface area contributed by atoms with Crippen LogP contribution in [0, 0.1) is 0 Å². The number of rotatable bonds is 5. The number of benzene rings is 1. The van der Waals surface area contributed by atoms with Crippen LogP contribution in [0.3, 0.4) is 0 Å². The molecule has 0 radical (unpaired) electrons. The maximum Gasteiger partial charge on any atom is 0.251 e. The number of hydrogen-bond donors (Lipinski definition) is 1. The summed E-state index contributed by atoms with van der Waals surface area (Å²) in [5.41, 5.74) is 0.366. The Morgan fingerprint density at radius 3 is 2.63 bits per heavy atom. The van der Waals surface area contributed by atoms with Gasteiger partial charge in [0.1, 0.15) is 6.10 Å². The molecule has 2 rings (SSSR count). The Morgan fingerprint density at radius 1 is 1.42 bits per heavy atom. The van der Waals surface area contributed by atoms with Crippen LogP contribution in [0.5, 0.6) is 0 Å². The maximum absolute atomic E-state index is 12.0. The molecule has 1 aliphatic rings. The number of carbonyl (C=O) groups is 1. The Bertz CT molecular complexity index is 426.